The van der Waals surface area contributed by atoms with E-state index in [1.165, 1.54) is 11.8 Å². The van der Waals surface area contributed by atoms with E-state index in [0.29, 0.717) is 31.1 Å². The van der Waals surface area contributed by atoms with Gasteiger partial charge in [-0.2, -0.15) is 0 Å². The average molecular weight is 304 g/mol. The molecule has 1 aromatic rings. The number of hydrogen-bond acceptors (Lipinski definition) is 5. The Balaban J connectivity index is 2.52. The first kappa shape index (κ1) is 16.5. The molecule has 7 heteroatoms. The molecule has 1 rings (SSSR count). The third-order valence-electron chi connectivity index (χ3n) is 2.44. The van der Waals surface area contributed by atoms with Crippen molar-refractivity contribution in [3.63, 3.8) is 0 Å². The Kier molecular flexibility index (Phi) is 7.40. The van der Waals surface area contributed by atoms with Gasteiger partial charge in [-0.3, -0.25) is 0 Å². The Morgan fingerprint density at radius 2 is 1.95 bits per heavy atom. The second-order valence-electron chi connectivity index (χ2n) is 3.79. The Morgan fingerprint density at radius 3 is 2.63 bits per heavy atom. The van der Waals surface area contributed by atoms with Crippen LogP contribution in [0.4, 0.5) is 0 Å². The minimum Gasteiger partial charge on any atom is -0.383 e. The summed E-state index contributed by atoms with van der Waals surface area (Å²) >= 11 is 1.42. The molecule has 0 heterocycles. The summed E-state index contributed by atoms with van der Waals surface area (Å²) in [4.78, 5) is 1.08. The number of thioether (sulfide) groups is 1. The largest absolute Gasteiger partial charge is 0.383 e. The summed E-state index contributed by atoms with van der Waals surface area (Å²) in [7, 11) is -1.81. The molecule has 0 aliphatic heterocycles. The third-order valence-corrected chi connectivity index (χ3v) is 4.88. The fourth-order valence-electron chi connectivity index (χ4n) is 1.49. The van der Waals surface area contributed by atoms with E-state index < -0.39 is 10.0 Å². The molecular formula is C12H20N2O3S2. The van der Waals surface area contributed by atoms with Gasteiger partial charge in [-0.1, -0.05) is 12.1 Å². The van der Waals surface area contributed by atoms with Crippen molar-refractivity contribution in [2.75, 3.05) is 39.6 Å². The van der Waals surface area contributed by atoms with Gasteiger partial charge in [-0.15, -0.1) is 11.8 Å². The van der Waals surface area contributed by atoms with E-state index >= 15 is 0 Å². The van der Waals surface area contributed by atoms with Crippen molar-refractivity contribution in [2.24, 2.45) is 0 Å². The standard InChI is InChI=1S/C12H20N2O3S2/c1-17-10-9-13-7-8-14-19(15,16)12-6-4-3-5-11(12)18-2/h3-6,13-14H,7-10H2,1-2H3. The minimum atomic E-state index is -3.44. The Hall–Kier alpha value is -0.600. The van der Waals surface area contributed by atoms with E-state index in [-0.39, 0.29) is 0 Å². The van der Waals surface area contributed by atoms with Crippen LogP contribution >= 0.6 is 11.8 Å². The van der Waals surface area contributed by atoms with Crippen LogP contribution in [0.25, 0.3) is 0 Å². The summed E-state index contributed by atoms with van der Waals surface area (Å²) in [6, 6.07) is 6.98. The molecule has 5 nitrogen and oxygen atoms in total. The monoisotopic (exact) mass is 304 g/mol. The molecule has 0 spiro atoms. The van der Waals surface area contributed by atoms with Gasteiger partial charge in [0, 0.05) is 31.6 Å². The number of rotatable bonds is 9. The molecule has 0 aliphatic carbocycles. The zero-order valence-corrected chi connectivity index (χ0v) is 12.8. The molecule has 0 aliphatic rings. The first-order valence-corrected chi connectivity index (χ1v) is 8.65. The molecule has 2 N–H and O–H groups in total. The normalized spacial score (nSPS) is 11.7. The predicted molar refractivity (Wildman–Crippen MR) is 78.2 cm³/mol. The molecule has 0 saturated carbocycles. The Morgan fingerprint density at radius 1 is 1.21 bits per heavy atom. The molecule has 0 radical (unpaired) electrons. The molecular weight excluding hydrogens is 284 g/mol. The maximum absolute atomic E-state index is 12.1. The smallest absolute Gasteiger partial charge is 0.241 e. The van der Waals surface area contributed by atoms with Crippen LogP contribution in [0.2, 0.25) is 0 Å². The number of sulfonamides is 1. The fraction of sp³-hybridized carbons (Fsp3) is 0.500. The molecule has 0 amide bonds. The van der Waals surface area contributed by atoms with E-state index in [0.717, 1.165) is 4.90 Å². The number of hydrogen-bond donors (Lipinski definition) is 2. The molecule has 0 aromatic heterocycles. The van der Waals surface area contributed by atoms with Crippen molar-refractivity contribution in [1.82, 2.24) is 10.0 Å². The molecule has 108 valence electrons. The van der Waals surface area contributed by atoms with Crippen molar-refractivity contribution in [1.29, 1.82) is 0 Å². The zero-order chi connectivity index (χ0) is 14.1. The van der Waals surface area contributed by atoms with Crippen LogP contribution in [0.1, 0.15) is 0 Å². The average Bonchev–Trinajstić information content (AvgIpc) is 2.42. The molecule has 0 unspecified atom stereocenters. The van der Waals surface area contributed by atoms with E-state index in [2.05, 4.69) is 10.0 Å². The quantitative estimate of drug-likeness (QED) is 0.524. The zero-order valence-electron chi connectivity index (χ0n) is 11.2. The van der Waals surface area contributed by atoms with Crippen LogP contribution < -0.4 is 10.0 Å². The highest BCUT2D eigenvalue weighted by molar-refractivity contribution is 7.99. The van der Waals surface area contributed by atoms with Gasteiger partial charge < -0.3 is 10.1 Å². The number of benzene rings is 1. The minimum absolute atomic E-state index is 0.333. The summed E-state index contributed by atoms with van der Waals surface area (Å²) in [5, 5.41) is 3.08. The van der Waals surface area contributed by atoms with Crippen molar-refractivity contribution >= 4 is 21.8 Å². The number of ether oxygens (including phenoxy) is 1. The van der Waals surface area contributed by atoms with Gasteiger partial charge in [-0.05, 0) is 18.4 Å². The number of nitrogens with one attached hydrogen (secondary N) is 2. The van der Waals surface area contributed by atoms with E-state index in [1.54, 1.807) is 25.3 Å². The summed E-state index contributed by atoms with van der Waals surface area (Å²) in [5.74, 6) is 0. The number of methoxy groups -OCH3 is 1. The Bertz CT molecular complexity index is 478. The highest BCUT2D eigenvalue weighted by atomic mass is 32.2. The SMILES string of the molecule is COCCNCCNS(=O)(=O)c1ccccc1SC. The van der Waals surface area contributed by atoms with Crippen molar-refractivity contribution in [3.8, 4) is 0 Å². The van der Waals surface area contributed by atoms with Crippen LogP contribution in [0.3, 0.4) is 0 Å². The lowest BCUT2D eigenvalue weighted by Crippen LogP contribution is -2.33. The van der Waals surface area contributed by atoms with Crippen molar-refractivity contribution in [3.05, 3.63) is 24.3 Å². The van der Waals surface area contributed by atoms with Gasteiger partial charge in [0.2, 0.25) is 10.0 Å². The Labute approximate surface area is 119 Å². The molecule has 1 aromatic carbocycles. The maximum atomic E-state index is 12.1. The summed E-state index contributed by atoms with van der Waals surface area (Å²) < 4.78 is 31.7. The first-order chi connectivity index (χ1) is 9.11. The second-order valence-corrected chi connectivity index (χ2v) is 6.37. The summed E-state index contributed by atoms with van der Waals surface area (Å²) in [5.41, 5.74) is 0. The fourth-order valence-corrected chi connectivity index (χ4v) is 3.67. The molecule has 0 saturated heterocycles. The predicted octanol–water partition coefficient (Wildman–Crippen LogP) is 0.923. The maximum Gasteiger partial charge on any atom is 0.241 e. The first-order valence-electron chi connectivity index (χ1n) is 5.94. The molecule has 0 bridgehead atoms. The molecule has 0 atom stereocenters. The lowest BCUT2D eigenvalue weighted by molar-refractivity contribution is 0.199. The topological polar surface area (TPSA) is 67.4 Å². The molecule has 0 fully saturated rings. The van der Waals surface area contributed by atoms with Gasteiger partial charge in [-0.25, -0.2) is 13.1 Å². The summed E-state index contributed by atoms with van der Waals surface area (Å²) in [6.07, 6.45) is 1.86. The lowest BCUT2D eigenvalue weighted by atomic mass is 10.4. The van der Waals surface area contributed by atoms with Gasteiger partial charge in [0.05, 0.1) is 11.5 Å². The van der Waals surface area contributed by atoms with Crippen LogP contribution in [0, 0.1) is 0 Å². The van der Waals surface area contributed by atoms with Gasteiger partial charge in [0.15, 0.2) is 0 Å². The van der Waals surface area contributed by atoms with E-state index in [1.807, 2.05) is 12.3 Å². The second kappa shape index (κ2) is 8.55. The lowest BCUT2D eigenvalue weighted by Gasteiger charge is -2.10. The van der Waals surface area contributed by atoms with Gasteiger partial charge in [0.1, 0.15) is 0 Å². The molecule has 19 heavy (non-hydrogen) atoms. The third kappa shape index (κ3) is 5.50. The van der Waals surface area contributed by atoms with Crippen LogP contribution in [-0.4, -0.2) is 48.0 Å². The van der Waals surface area contributed by atoms with Crippen LogP contribution in [0.15, 0.2) is 34.1 Å². The van der Waals surface area contributed by atoms with Crippen molar-refractivity contribution in [2.45, 2.75) is 9.79 Å². The highest BCUT2D eigenvalue weighted by Gasteiger charge is 2.16. The van der Waals surface area contributed by atoms with E-state index in [9.17, 15) is 8.42 Å². The van der Waals surface area contributed by atoms with Gasteiger partial charge in [0.25, 0.3) is 0 Å². The highest BCUT2D eigenvalue weighted by Crippen LogP contribution is 2.23. The van der Waals surface area contributed by atoms with Crippen molar-refractivity contribution < 1.29 is 13.2 Å². The summed E-state index contributed by atoms with van der Waals surface area (Å²) in [6.45, 7) is 2.25. The van der Waals surface area contributed by atoms with E-state index in [4.69, 9.17) is 4.74 Å². The van der Waals surface area contributed by atoms with Crippen LogP contribution in [0.5, 0.6) is 0 Å². The van der Waals surface area contributed by atoms with Gasteiger partial charge >= 0.3 is 0 Å². The van der Waals surface area contributed by atoms with Crippen LogP contribution in [-0.2, 0) is 14.8 Å².